The Morgan fingerprint density at radius 2 is 2.03 bits per heavy atom. The fourth-order valence-electron chi connectivity index (χ4n) is 4.62. The number of hydrogen-bond donors (Lipinski definition) is 2. The number of fused-ring (bicyclic) bond motifs is 2. The van der Waals surface area contributed by atoms with Crippen LogP contribution >= 0.6 is 23.4 Å². The molecular weight excluding hydrogens is 472 g/mol. The van der Waals surface area contributed by atoms with Crippen molar-refractivity contribution in [2.24, 2.45) is 7.05 Å². The minimum Gasteiger partial charge on any atom is -0.310 e. The Balaban J connectivity index is 1.15. The summed E-state index contributed by atoms with van der Waals surface area (Å²) in [4.78, 5) is 36.2. The highest BCUT2D eigenvalue weighted by Crippen LogP contribution is 2.29. The molecule has 0 atom stereocenters. The van der Waals surface area contributed by atoms with E-state index in [1.165, 1.54) is 11.8 Å². The second kappa shape index (κ2) is 10.0. The first-order chi connectivity index (χ1) is 16.5. The van der Waals surface area contributed by atoms with Crippen LogP contribution in [0.1, 0.15) is 24.1 Å². The highest BCUT2D eigenvalue weighted by atomic mass is 35.5. The number of piperidine rings is 1. The van der Waals surface area contributed by atoms with Gasteiger partial charge < -0.3 is 20.1 Å². The molecule has 0 aliphatic carbocycles. The summed E-state index contributed by atoms with van der Waals surface area (Å²) >= 11 is 8.01. The molecule has 3 aromatic rings. The molecule has 5 heterocycles. The third-order valence-electron chi connectivity index (χ3n) is 6.55. The number of aromatic nitrogens is 3. The van der Waals surface area contributed by atoms with E-state index in [0.29, 0.717) is 29.2 Å². The van der Waals surface area contributed by atoms with Gasteiger partial charge >= 0.3 is 0 Å². The number of carbonyl (C=O) groups is 1. The van der Waals surface area contributed by atoms with Crippen LogP contribution in [-0.2, 0) is 24.8 Å². The van der Waals surface area contributed by atoms with Gasteiger partial charge in [0.1, 0.15) is 5.82 Å². The van der Waals surface area contributed by atoms with Crippen molar-refractivity contribution in [3.63, 3.8) is 0 Å². The average molecular weight is 499 g/mol. The Labute approximate surface area is 207 Å². The first-order valence-corrected chi connectivity index (χ1v) is 12.9. The summed E-state index contributed by atoms with van der Waals surface area (Å²) in [5, 5.41) is 7.09. The summed E-state index contributed by atoms with van der Waals surface area (Å²) in [5.41, 5.74) is 3.48. The number of amides is 1. The Morgan fingerprint density at radius 3 is 2.85 bits per heavy atom. The highest BCUT2D eigenvalue weighted by molar-refractivity contribution is 8.00. The summed E-state index contributed by atoms with van der Waals surface area (Å²) in [5.74, 6) is 1.13. The molecule has 3 aromatic heterocycles. The van der Waals surface area contributed by atoms with Crippen molar-refractivity contribution < 1.29 is 4.79 Å². The van der Waals surface area contributed by atoms with E-state index in [1.807, 2.05) is 12.1 Å². The Bertz CT molecular complexity index is 1290. The number of aryl methyl sites for hydroxylation is 1. The summed E-state index contributed by atoms with van der Waals surface area (Å²) < 4.78 is 1.64. The molecule has 1 fully saturated rings. The lowest BCUT2D eigenvalue weighted by Crippen LogP contribution is -2.43. The van der Waals surface area contributed by atoms with Crippen LogP contribution < -0.4 is 16.2 Å². The van der Waals surface area contributed by atoms with Gasteiger partial charge in [-0.1, -0.05) is 11.6 Å². The van der Waals surface area contributed by atoms with Crippen molar-refractivity contribution >= 4 is 46.1 Å². The molecule has 0 unspecified atom stereocenters. The molecule has 5 rings (SSSR count). The Morgan fingerprint density at radius 1 is 1.21 bits per heavy atom. The summed E-state index contributed by atoms with van der Waals surface area (Å²) in [7, 11) is 1.77. The quantitative estimate of drug-likeness (QED) is 0.540. The van der Waals surface area contributed by atoms with Gasteiger partial charge in [0, 0.05) is 38.4 Å². The first kappa shape index (κ1) is 23.3. The number of nitrogens with one attached hydrogen (secondary N) is 2. The highest BCUT2D eigenvalue weighted by Gasteiger charge is 2.21. The van der Waals surface area contributed by atoms with E-state index in [-0.39, 0.29) is 11.5 Å². The molecule has 8 nitrogen and oxygen atoms in total. The minimum atomic E-state index is -0.0562. The second-order valence-electron chi connectivity index (χ2n) is 8.78. The van der Waals surface area contributed by atoms with Crippen molar-refractivity contribution in [1.82, 2.24) is 24.8 Å². The predicted octanol–water partition coefficient (Wildman–Crippen LogP) is 2.82. The molecule has 178 valence electrons. The molecule has 0 spiro atoms. The van der Waals surface area contributed by atoms with Crippen LogP contribution in [0, 0.1) is 0 Å². The molecular formula is C24H27ClN6O2S. The SMILES string of the molecule is Cn1c(=O)ccc2ncc(Cl)c(CCN3CCC(NCc4ccc5c(n4)NC(=O)CS5)CC3)c21. The number of carbonyl (C=O) groups excluding carboxylic acids is 1. The van der Waals surface area contributed by atoms with Crippen molar-refractivity contribution in [3.8, 4) is 0 Å². The van der Waals surface area contributed by atoms with Crippen LogP contribution in [0.15, 0.2) is 40.2 Å². The number of nitrogens with zero attached hydrogens (tertiary/aromatic N) is 4. The zero-order valence-electron chi connectivity index (χ0n) is 19.0. The van der Waals surface area contributed by atoms with Crippen LogP contribution in [0.2, 0.25) is 5.02 Å². The minimum absolute atomic E-state index is 0.00533. The van der Waals surface area contributed by atoms with Gasteiger partial charge in [-0.05, 0) is 56.1 Å². The number of pyridine rings is 3. The zero-order valence-corrected chi connectivity index (χ0v) is 20.6. The molecule has 0 radical (unpaired) electrons. The van der Waals surface area contributed by atoms with Gasteiger partial charge in [-0.25, -0.2) is 4.98 Å². The molecule has 34 heavy (non-hydrogen) atoms. The number of hydrogen-bond acceptors (Lipinski definition) is 7. The normalized spacial score (nSPS) is 17.1. The van der Waals surface area contributed by atoms with Crippen LogP contribution in [0.3, 0.4) is 0 Å². The van der Waals surface area contributed by atoms with Gasteiger partial charge in [0.2, 0.25) is 5.91 Å². The van der Waals surface area contributed by atoms with Gasteiger partial charge in [-0.2, -0.15) is 0 Å². The maximum Gasteiger partial charge on any atom is 0.250 e. The van der Waals surface area contributed by atoms with E-state index in [4.69, 9.17) is 11.6 Å². The monoisotopic (exact) mass is 498 g/mol. The van der Waals surface area contributed by atoms with E-state index in [0.717, 1.165) is 66.1 Å². The Hall–Kier alpha value is -2.46. The third kappa shape index (κ3) is 4.98. The molecule has 2 aliphatic rings. The molecule has 0 bridgehead atoms. The molecule has 10 heteroatoms. The number of likely N-dealkylation sites (tertiary alicyclic amines) is 1. The van der Waals surface area contributed by atoms with E-state index >= 15 is 0 Å². The maximum atomic E-state index is 12.1. The van der Waals surface area contributed by atoms with Gasteiger partial charge in [-0.15, -0.1) is 11.8 Å². The molecule has 1 amide bonds. The van der Waals surface area contributed by atoms with E-state index in [9.17, 15) is 9.59 Å². The predicted molar refractivity (Wildman–Crippen MR) is 136 cm³/mol. The van der Waals surface area contributed by atoms with Crippen LogP contribution in [0.4, 0.5) is 5.82 Å². The van der Waals surface area contributed by atoms with Crippen LogP contribution in [-0.4, -0.2) is 56.8 Å². The molecule has 0 aromatic carbocycles. The second-order valence-corrected chi connectivity index (χ2v) is 10.2. The summed E-state index contributed by atoms with van der Waals surface area (Å²) in [6.45, 7) is 3.58. The fourth-order valence-corrected chi connectivity index (χ4v) is 5.61. The lowest BCUT2D eigenvalue weighted by Gasteiger charge is -2.32. The van der Waals surface area contributed by atoms with E-state index in [1.54, 1.807) is 29.9 Å². The van der Waals surface area contributed by atoms with E-state index in [2.05, 4.69) is 25.5 Å². The van der Waals surface area contributed by atoms with Crippen molar-refractivity contribution in [2.45, 2.75) is 36.7 Å². The third-order valence-corrected chi connectivity index (χ3v) is 7.93. The molecule has 1 saturated heterocycles. The summed E-state index contributed by atoms with van der Waals surface area (Å²) in [6.07, 6.45) is 4.57. The lowest BCUT2D eigenvalue weighted by atomic mass is 10.0. The van der Waals surface area contributed by atoms with Crippen molar-refractivity contribution in [3.05, 3.63) is 57.1 Å². The number of anilines is 1. The standard InChI is InChI=1S/C24H27ClN6O2S/c1-30-22(33)5-3-19-23(30)17(18(25)13-27-19)8-11-31-9-6-15(7-10-31)26-12-16-2-4-20-24(28-16)29-21(32)14-34-20/h2-5,13,15,26H,6-12,14H2,1H3,(H,28,29,32). The number of halogens is 1. The van der Waals surface area contributed by atoms with E-state index < -0.39 is 0 Å². The van der Waals surface area contributed by atoms with Gasteiger partial charge in [0.05, 0.1) is 32.4 Å². The number of rotatable bonds is 6. The zero-order chi connectivity index (χ0) is 23.7. The molecule has 0 saturated carbocycles. The maximum absolute atomic E-state index is 12.1. The first-order valence-electron chi connectivity index (χ1n) is 11.5. The molecule has 2 N–H and O–H groups in total. The fraction of sp³-hybridized carbons (Fsp3) is 0.417. The topological polar surface area (TPSA) is 92.2 Å². The largest absolute Gasteiger partial charge is 0.310 e. The average Bonchev–Trinajstić information content (AvgIpc) is 2.85. The number of thioether (sulfide) groups is 1. The molecule has 2 aliphatic heterocycles. The smallest absolute Gasteiger partial charge is 0.250 e. The lowest BCUT2D eigenvalue weighted by molar-refractivity contribution is -0.113. The van der Waals surface area contributed by atoms with Crippen molar-refractivity contribution in [1.29, 1.82) is 0 Å². The van der Waals surface area contributed by atoms with Crippen LogP contribution in [0.5, 0.6) is 0 Å². The van der Waals surface area contributed by atoms with Gasteiger partial charge in [0.15, 0.2) is 0 Å². The van der Waals surface area contributed by atoms with Crippen molar-refractivity contribution in [2.75, 3.05) is 30.7 Å². The van der Waals surface area contributed by atoms with Gasteiger partial charge in [0.25, 0.3) is 5.56 Å². The van der Waals surface area contributed by atoms with Gasteiger partial charge in [-0.3, -0.25) is 14.6 Å². The summed E-state index contributed by atoms with van der Waals surface area (Å²) in [6, 6.07) is 7.81. The Kier molecular flexibility index (Phi) is 6.87. The van der Waals surface area contributed by atoms with Crippen LogP contribution in [0.25, 0.3) is 11.0 Å².